The van der Waals surface area contributed by atoms with Crippen LogP contribution in [0.4, 0.5) is 5.69 Å². The van der Waals surface area contributed by atoms with Gasteiger partial charge in [0.2, 0.25) is 0 Å². The minimum absolute atomic E-state index is 0.424. The van der Waals surface area contributed by atoms with Crippen LogP contribution in [0.25, 0.3) is 0 Å². The molecule has 0 aliphatic carbocycles. The summed E-state index contributed by atoms with van der Waals surface area (Å²) in [6.45, 7) is 0. The Labute approximate surface area is 93.0 Å². The van der Waals surface area contributed by atoms with Crippen LogP contribution in [0.15, 0.2) is 12.1 Å². The minimum atomic E-state index is -1.57. The monoisotopic (exact) mass is 245 g/mol. The first-order chi connectivity index (χ1) is 7.34. The Kier molecular flexibility index (Phi) is 3.09. The Morgan fingerprint density at radius 2 is 1.62 bits per heavy atom. The van der Waals surface area contributed by atoms with Crippen LogP contribution < -0.4 is 0 Å². The molecule has 0 aliphatic heterocycles. The van der Waals surface area contributed by atoms with Crippen LogP contribution in [0.1, 0.15) is 20.7 Å². The van der Waals surface area contributed by atoms with Gasteiger partial charge in [-0.05, 0) is 6.07 Å². The summed E-state index contributed by atoms with van der Waals surface area (Å²) in [7, 11) is 0. The second kappa shape index (κ2) is 4.15. The number of carboxylic acid groups (broad SMARTS) is 2. The van der Waals surface area contributed by atoms with Gasteiger partial charge in [0.05, 0.1) is 16.1 Å². The van der Waals surface area contributed by atoms with Gasteiger partial charge in [-0.2, -0.15) is 0 Å². The smallest absolute Gasteiger partial charge is 0.336 e. The molecule has 0 aromatic heterocycles. The normalized spacial score (nSPS) is 9.81. The number of aromatic carboxylic acids is 2. The number of benzene rings is 1. The maximum Gasteiger partial charge on any atom is 0.336 e. The van der Waals surface area contributed by atoms with Crippen LogP contribution in [0.3, 0.4) is 0 Å². The van der Waals surface area contributed by atoms with Crippen molar-refractivity contribution in [1.82, 2.24) is 0 Å². The maximum absolute atomic E-state index is 10.7. The highest BCUT2D eigenvalue weighted by Crippen LogP contribution is 2.28. The molecule has 1 rings (SSSR count). The highest BCUT2D eigenvalue weighted by molar-refractivity contribution is 6.33. The van der Waals surface area contributed by atoms with Crippen molar-refractivity contribution < 1.29 is 24.7 Å². The number of nitro benzene ring substituents is 1. The van der Waals surface area contributed by atoms with Gasteiger partial charge in [0.15, 0.2) is 0 Å². The second-order valence-electron chi connectivity index (χ2n) is 2.72. The predicted molar refractivity (Wildman–Crippen MR) is 52.0 cm³/mol. The molecule has 0 spiro atoms. The van der Waals surface area contributed by atoms with Gasteiger partial charge < -0.3 is 10.2 Å². The van der Waals surface area contributed by atoms with E-state index in [0.29, 0.717) is 6.07 Å². The van der Waals surface area contributed by atoms with Crippen molar-refractivity contribution in [3.8, 4) is 0 Å². The number of hydrogen-bond donors (Lipinski definition) is 2. The molecular formula is C8H4ClNO6. The lowest BCUT2D eigenvalue weighted by atomic mass is 10.1. The van der Waals surface area contributed by atoms with E-state index in [4.69, 9.17) is 21.8 Å². The third-order valence-corrected chi connectivity index (χ3v) is 2.05. The second-order valence-corrected chi connectivity index (χ2v) is 3.12. The van der Waals surface area contributed by atoms with Gasteiger partial charge in [0.25, 0.3) is 5.69 Å². The van der Waals surface area contributed by atoms with Gasteiger partial charge in [-0.25, -0.2) is 9.59 Å². The van der Waals surface area contributed by atoms with Gasteiger partial charge in [0, 0.05) is 6.07 Å². The number of carboxylic acids is 2. The minimum Gasteiger partial charge on any atom is -0.478 e. The van der Waals surface area contributed by atoms with Crippen molar-refractivity contribution in [2.75, 3.05) is 0 Å². The molecule has 1 aromatic carbocycles. The van der Waals surface area contributed by atoms with Gasteiger partial charge in [-0.3, -0.25) is 10.1 Å². The number of carbonyl (C=O) groups is 2. The Balaban J connectivity index is 3.55. The molecule has 0 heterocycles. The van der Waals surface area contributed by atoms with E-state index in [1.165, 1.54) is 0 Å². The summed E-state index contributed by atoms with van der Waals surface area (Å²) in [6.07, 6.45) is 0. The topological polar surface area (TPSA) is 118 Å². The van der Waals surface area contributed by atoms with E-state index in [-0.39, 0.29) is 0 Å². The highest BCUT2D eigenvalue weighted by Gasteiger charge is 2.23. The summed E-state index contributed by atoms with van der Waals surface area (Å²) in [5.41, 5.74) is -1.92. The molecule has 1 aromatic rings. The van der Waals surface area contributed by atoms with Gasteiger partial charge in [-0.15, -0.1) is 0 Å². The summed E-state index contributed by atoms with van der Waals surface area (Å²) >= 11 is 5.45. The molecule has 7 nitrogen and oxygen atoms in total. The molecule has 0 amide bonds. The van der Waals surface area contributed by atoms with Crippen molar-refractivity contribution in [3.05, 3.63) is 38.4 Å². The molecule has 0 bridgehead atoms. The molecule has 0 unspecified atom stereocenters. The van der Waals surface area contributed by atoms with Crippen LogP contribution in [-0.2, 0) is 0 Å². The Hall–Kier alpha value is -2.15. The standard InChI is InChI=1S/C8H4ClNO6/c9-5-1-3(7(11)12)4(8(13)14)2-6(5)10(15)16/h1-2H,(H,11,12)(H,13,14). The zero-order valence-electron chi connectivity index (χ0n) is 7.51. The van der Waals surface area contributed by atoms with Gasteiger partial charge in [0.1, 0.15) is 5.02 Å². The summed E-state index contributed by atoms with van der Waals surface area (Å²) in [5, 5.41) is 27.4. The average Bonchev–Trinajstić information content (AvgIpc) is 2.15. The maximum atomic E-state index is 10.7. The lowest BCUT2D eigenvalue weighted by Crippen LogP contribution is -2.09. The molecule has 0 aliphatic rings. The molecule has 0 saturated heterocycles. The zero-order chi connectivity index (χ0) is 12.5. The number of hydrogen-bond acceptors (Lipinski definition) is 4. The number of rotatable bonds is 3. The van der Waals surface area contributed by atoms with Gasteiger partial charge >= 0.3 is 11.9 Å². The van der Waals surface area contributed by atoms with Crippen molar-refractivity contribution >= 4 is 29.2 Å². The number of nitrogens with zero attached hydrogens (tertiary/aromatic N) is 1. The van der Waals surface area contributed by atoms with Crippen LogP contribution in [0.2, 0.25) is 5.02 Å². The molecule has 0 radical (unpaired) electrons. The van der Waals surface area contributed by atoms with Crippen LogP contribution in [0, 0.1) is 10.1 Å². The van der Waals surface area contributed by atoms with Crippen molar-refractivity contribution in [3.63, 3.8) is 0 Å². The zero-order valence-corrected chi connectivity index (χ0v) is 8.26. The van der Waals surface area contributed by atoms with Crippen LogP contribution >= 0.6 is 11.6 Å². The highest BCUT2D eigenvalue weighted by atomic mass is 35.5. The van der Waals surface area contributed by atoms with Crippen molar-refractivity contribution in [1.29, 1.82) is 0 Å². The molecule has 0 saturated carbocycles. The van der Waals surface area contributed by atoms with Crippen molar-refractivity contribution in [2.45, 2.75) is 0 Å². The molecule has 84 valence electrons. The predicted octanol–water partition coefficient (Wildman–Crippen LogP) is 1.64. The Morgan fingerprint density at radius 1 is 1.19 bits per heavy atom. The number of halogens is 1. The largest absolute Gasteiger partial charge is 0.478 e. The fraction of sp³-hybridized carbons (Fsp3) is 0. The van der Waals surface area contributed by atoms with E-state index in [0.717, 1.165) is 6.07 Å². The van der Waals surface area contributed by atoms with E-state index in [1.54, 1.807) is 0 Å². The van der Waals surface area contributed by atoms with Gasteiger partial charge in [-0.1, -0.05) is 11.6 Å². The van der Waals surface area contributed by atoms with Crippen LogP contribution in [0.5, 0.6) is 0 Å². The third kappa shape index (κ3) is 2.09. The summed E-state index contributed by atoms with van der Waals surface area (Å²) < 4.78 is 0. The molecular weight excluding hydrogens is 242 g/mol. The summed E-state index contributed by atoms with van der Waals surface area (Å²) in [5.74, 6) is -3.09. The first-order valence-electron chi connectivity index (χ1n) is 3.79. The molecule has 0 atom stereocenters. The lowest BCUT2D eigenvalue weighted by Gasteiger charge is -2.02. The third-order valence-electron chi connectivity index (χ3n) is 1.74. The van der Waals surface area contributed by atoms with E-state index in [9.17, 15) is 19.7 Å². The van der Waals surface area contributed by atoms with Crippen molar-refractivity contribution in [2.24, 2.45) is 0 Å². The summed E-state index contributed by atoms with van der Waals surface area (Å²) in [6, 6.07) is 1.36. The first kappa shape index (κ1) is 11.9. The quantitative estimate of drug-likeness (QED) is 0.617. The fourth-order valence-corrected chi connectivity index (χ4v) is 1.29. The molecule has 0 fully saturated rings. The Morgan fingerprint density at radius 3 is 2.00 bits per heavy atom. The first-order valence-corrected chi connectivity index (χ1v) is 4.17. The van der Waals surface area contributed by atoms with E-state index in [2.05, 4.69) is 0 Å². The molecule has 8 heteroatoms. The fourth-order valence-electron chi connectivity index (χ4n) is 1.06. The number of nitro groups is 1. The summed E-state index contributed by atoms with van der Waals surface area (Å²) in [4.78, 5) is 30.9. The molecule has 16 heavy (non-hydrogen) atoms. The SMILES string of the molecule is O=C(O)c1cc(Cl)c([N+](=O)[O-])cc1C(=O)O. The lowest BCUT2D eigenvalue weighted by molar-refractivity contribution is -0.384. The average molecular weight is 246 g/mol. The van der Waals surface area contributed by atoms with E-state index in [1.807, 2.05) is 0 Å². The molecule has 2 N–H and O–H groups in total. The van der Waals surface area contributed by atoms with Crippen LogP contribution in [-0.4, -0.2) is 27.1 Å². The van der Waals surface area contributed by atoms with E-state index >= 15 is 0 Å². The Bertz CT molecular complexity index is 498. The van der Waals surface area contributed by atoms with E-state index < -0.39 is 38.7 Å².